The van der Waals surface area contributed by atoms with E-state index in [1.807, 2.05) is 42.3 Å². The minimum Gasteiger partial charge on any atom is -0.343 e. The molecule has 0 radical (unpaired) electrons. The summed E-state index contributed by atoms with van der Waals surface area (Å²) in [6.07, 6.45) is 6.05. The Hall–Kier alpha value is -1.85. The molecular weight excluding hydrogens is 338 g/mol. The summed E-state index contributed by atoms with van der Waals surface area (Å²) in [6.45, 7) is 3.12. The lowest BCUT2D eigenvalue weighted by molar-refractivity contribution is -0.135. The number of nitrogens with zero attached hydrogens (tertiary/aromatic N) is 2. The smallest absolute Gasteiger partial charge is 0.225 e. The predicted molar refractivity (Wildman–Crippen MR) is 101 cm³/mol. The highest BCUT2D eigenvalue weighted by molar-refractivity contribution is 5.85. The summed E-state index contributed by atoms with van der Waals surface area (Å²) in [7, 11) is 1.97. The van der Waals surface area contributed by atoms with Crippen molar-refractivity contribution >= 4 is 30.3 Å². The van der Waals surface area contributed by atoms with Gasteiger partial charge >= 0.3 is 0 Å². The standard InChI is InChI=1S/C19H25N3O2.ClH/c1-14(23)22-12-7-15-5-3-4-6-17(15)18(22)13-19(24)21-10-8-16(20-2)9-11-21;/h3-7,12,16,18,20H,8-11,13H2,1-2H3;1H. The van der Waals surface area contributed by atoms with Crippen LogP contribution in [0.5, 0.6) is 0 Å². The molecule has 0 spiro atoms. The Morgan fingerprint density at radius 2 is 1.88 bits per heavy atom. The molecule has 2 amide bonds. The maximum Gasteiger partial charge on any atom is 0.225 e. The molecule has 1 atom stereocenters. The van der Waals surface area contributed by atoms with Crippen molar-refractivity contribution in [1.82, 2.24) is 15.1 Å². The minimum absolute atomic E-state index is 0. The van der Waals surface area contributed by atoms with E-state index in [0.29, 0.717) is 12.5 Å². The van der Waals surface area contributed by atoms with Crippen LogP contribution in [0.2, 0.25) is 0 Å². The fraction of sp³-hybridized carbons (Fsp3) is 0.474. The predicted octanol–water partition coefficient (Wildman–Crippen LogP) is 2.58. The van der Waals surface area contributed by atoms with Gasteiger partial charge in [0.1, 0.15) is 0 Å². The van der Waals surface area contributed by atoms with Crippen LogP contribution in [0.3, 0.4) is 0 Å². The van der Waals surface area contributed by atoms with Gasteiger partial charge in [-0.1, -0.05) is 24.3 Å². The maximum absolute atomic E-state index is 12.8. The van der Waals surface area contributed by atoms with Crippen molar-refractivity contribution in [3.63, 3.8) is 0 Å². The van der Waals surface area contributed by atoms with E-state index in [0.717, 1.165) is 37.1 Å². The molecule has 0 aliphatic carbocycles. The molecule has 0 aromatic heterocycles. The summed E-state index contributed by atoms with van der Waals surface area (Å²) in [5.41, 5.74) is 2.13. The first-order valence-electron chi connectivity index (χ1n) is 8.61. The third kappa shape index (κ3) is 4.22. The molecule has 136 valence electrons. The first-order valence-corrected chi connectivity index (χ1v) is 8.61. The number of amides is 2. The number of carbonyl (C=O) groups is 2. The molecule has 1 fully saturated rings. The molecular formula is C19H26ClN3O2. The zero-order valence-corrected chi connectivity index (χ0v) is 15.6. The van der Waals surface area contributed by atoms with Gasteiger partial charge in [-0.3, -0.25) is 9.59 Å². The fourth-order valence-electron chi connectivity index (χ4n) is 3.63. The van der Waals surface area contributed by atoms with Crippen LogP contribution in [0.25, 0.3) is 6.08 Å². The van der Waals surface area contributed by atoms with E-state index in [9.17, 15) is 9.59 Å². The molecule has 1 aromatic carbocycles. The van der Waals surface area contributed by atoms with Gasteiger partial charge in [0.15, 0.2) is 0 Å². The average molecular weight is 364 g/mol. The number of nitrogens with one attached hydrogen (secondary N) is 1. The molecule has 2 heterocycles. The van der Waals surface area contributed by atoms with Crippen molar-refractivity contribution in [3.05, 3.63) is 41.6 Å². The quantitative estimate of drug-likeness (QED) is 0.898. The van der Waals surface area contributed by atoms with Crippen molar-refractivity contribution in [2.24, 2.45) is 0 Å². The highest BCUT2D eigenvalue weighted by Crippen LogP contribution is 2.33. The average Bonchev–Trinajstić information content (AvgIpc) is 2.61. The number of halogens is 1. The largest absolute Gasteiger partial charge is 0.343 e. The number of fused-ring (bicyclic) bond motifs is 1. The number of piperidine rings is 1. The van der Waals surface area contributed by atoms with Crippen molar-refractivity contribution in [2.75, 3.05) is 20.1 Å². The zero-order chi connectivity index (χ0) is 17.1. The highest BCUT2D eigenvalue weighted by Gasteiger charge is 2.30. The van der Waals surface area contributed by atoms with Gasteiger partial charge in [-0.05, 0) is 37.1 Å². The maximum atomic E-state index is 12.8. The first kappa shape index (κ1) is 19.5. The van der Waals surface area contributed by atoms with Crippen molar-refractivity contribution in [3.8, 4) is 0 Å². The lowest BCUT2D eigenvalue weighted by atomic mass is 9.93. The van der Waals surface area contributed by atoms with E-state index >= 15 is 0 Å². The lowest BCUT2D eigenvalue weighted by Gasteiger charge is -2.36. The molecule has 3 rings (SSSR count). The molecule has 0 saturated carbocycles. The van der Waals surface area contributed by atoms with Gasteiger partial charge in [0.25, 0.3) is 0 Å². The number of hydrogen-bond acceptors (Lipinski definition) is 3. The van der Waals surface area contributed by atoms with Crippen molar-refractivity contribution in [1.29, 1.82) is 0 Å². The second-order valence-electron chi connectivity index (χ2n) is 6.53. The Balaban J connectivity index is 0.00000225. The van der Waals surface area contributed by atoms with Gasteiger partial charge in [-0.15, -0.1) is 12.4 Å². The number of benzene rings is 1. The SMILES string of the molecule is CNC1CCN(C(=O)CC2c3ccccc3C=CN2C(C)=O)CC1.Cl. The summed E-state index contributed by atoms with van der Waals surface area (Å²) >= 11 is 0. The van der Waals surface area contributed by atoms with Crippen LogP contribution in [0.1, 0.15) is 43.4 Å². The zero-order valence-electron chi connectivity index (χ0n) is 14.8. The lowest BCUT2D eigenvalue weighted by Crippen LogP contribution is -2.45. The van der Waals surface area contributed by atoms with E-state index in [1.54, 1.807) is 18.0 Å². The number of rotatable bonds is 3. The van der Waals surface area contributed by atoms with Gasteiger partial charge in [0, 0.05) is 32.3 Å². The Labute approximate surface area is 155 Å². The Kier molecular flexibility index (Phi) is 6.62. The second-order valence-corrected chi connectivity index (χ2v) is 6.53. The molecule has 1 N–H and O–H groups in total. The molecule has 0 bridgehead atoms. The van der Waals surface area contributed by atoms with E-state index in [2.05, 4.69) is 5.32 Å². The molecule has 1 unspecified atom stereocenters. The Bertz CT molecular complexity index is 654. The van der Waals surface area contributed by atoms with Gasteiger partial charge in [0.2, 0.25) is 11.8 Å². The first-order chi connectivity index (χ1) is 11.6. The molecule has 1 saturated heterocycles. The third-order valence-electron chi connectivity index (χ3n) is 5.09. The van der Waals surface area contributed by atoms with Gasteiger partial charge in [-0.2, -0.15) is 0 Å². The number of likely N-dealkylation sites (tertiary alicyclic amines) is 1. The van der Waals surface area contributed by atoms with Crippen LogP contribution in [0, 0.1) is 0 Å². The van der Waals surface area contributed by atoms with Crippen LogP contribution in [-0.4, -0.2) is 47.8 Å². The third-order valence-corrected chi connectivity index (χ3v) is 5.09. The van der Waals surface area contributed by atoms with Crippen LogP contribution in [-0.2, 0) is 9.59 Å². The second kappa shape index (κ2) is 8.50. The molecule has 6 heteroatoms. The van der Waals surface area contributed by atoms with Gasteiger partial charge in [0.05, 0.1) is 12.5 Å². The van der Waals surface area contributed by atoms with Crippen LogP contribution >= 0.6 is 12.4 Å². The Morgan fingerprint density at radius 3 is 2.52 bits per heavy atom. The summed E-state index contributed by atoms with van der Waals surface area (Å²) in [4.78, 5) is 28.4. The molecule has 25 heavy (non-hydrogen) atoms. The summed E-state index contributed by atoms with van der Waals surface area (Å²) in [5.74, 6) is 0.0957. The van der Waals surface area contributed by atoms with Crippen LogP contribution < -0.4 is 5.32 Å². The number of hydrogen-bond donors (Lipinski definition) is 1. The molecule has 5 nitrogen and oxygen atoms in total. The molecule has 2 aliphatic rings. The minimum atomic E-state index is -0.210. The highest BCUT2D eigenvalue weighted by atomic mass is 35.5. The summed E-state index contributed by atoms with van der Waals surface area (Å²) < 4.78 is 0. The van der Waals surface area contributed by atoms with E-state index < -0.39 is 0 Å². The van der Waals surface area contributed by atoms with E-state index in [1.165, 1.54) is 0 Å². The topological polar surface area (TPSA) is 52.7 Å². The van der Waals surface area contributed by atoms with Crippen molar-refractivity contribution < 1.29 is 9.59 Å². The van der Waals surface area contributed by atoms with Crippen LogP contribution in [0.15, 0.2) is 30.5 Å². The Morgan fingerprint density at radius 1 is 1.20 bits per heavy atom. The fourth-order valence-corrected chi connectivity index (χ4v) is 3.63. The molecule has 1 aromatic rings. The van der Waals surface area contributed by atoms with Crippen molar-refractivity contribution in [2.45, 2.75) is 38.3 Å². The number of carbonyl (C=O) groups excluding carboxylic acids is 2. The summed E-state index contributed by atoms with van der Waals surface area (Å²) in [5, 5.41) is 3.28. The van der Waals surface area contributed by atoms with Crippen LogP contribution in [0.4, 0.5) is 0 Å². The molecule has 2 aliphatic heterocycles. The van der Waals surface area contributed by atoms with E-state index in [4.69, 9.17) is 0 Å². The van der Waals surface area contributed by atoms with Gasteiger partial charge < -0.3 is 15.1 Å². The normalized spacial score (nSPS) is 20.0. The van der Waals surface area contributed by atoms with E-state index in [-0.39, 0.29) is 30.3 Å². The summed E-state index contributed by atoms with van der Waals surface area (Å²) in [6, 6.07) is 8.28. The van der Waals surface area contributed by atoms with Gasteiger partial charge in [-0.25, -0.2) is 0 Å². The monoisotopic (exact) mass is 363 g/mol.